The number of methoxy groups -OCH3 is 1. The summed E-state index contributed by atoms with van der Waals surface area (Å²) in [7, 11) is 1.61. The summed E-state index contributed by atoms with van der Waals surface area (Å²) < 4.78 is 10.7. The summed E-state index contributed by atoms with van der Waals surface area (Å²) in [6.45, 7) is 0.700. The van der Waals surface area contributed by atoms with E-state index in [1.54, 1.807) is 13.2 Å². The number of hydrogen-bond donors (Lipinski definition) is 1. The Kier molecular flexibility index (Phi) is 3.36. The van der Waals surface area contributed by atoms with Gasteiger partial charge in [-0.1, -0.05) is 11.6 Å². The predicted molar refractivity (Wildman–Crippen MR) is 63.6 cm³/mol. The van der Waals surface area contributed by atoms with Crippen LogP contribution in [0.5, 0.6) is 5.75 Å². The maximum Gasteiger partial charge on any atom is 0.124 e. The molecule has 16 heavy (non-hydrogen) atoms. The largest absolute Gasteiger partial charge is 0.496 e. The molecule has 0 radical (unpaired) electrons. The number of hydrogen-bond acceptors (Lipinski definition) is 3. The maximum absolute atomic E-state index is 6.11. The van der Waals surface area contributed by atoms with E-state index in [4.69, 9.17) is 26.8 Å². The molecule has 2 rings (SSSR count). The smallest absolute Gasteiger partial charge is 0.124 e. The first kappa shape index (κ1) is 11.3. The van der Waals surface area contributed by atoms with Crippen LogP contribution < -0.4 is 10.5 Å². The monoisotopic (exact) mass is 239 g/mol. The summed E-state index contributed by atoms with van der Waals surface area (Å²) >= 11 is 5.95. The standard InChI is InChI=1S/C12H14ClNO2/c1-15-10-5-4-8(13)7-9(10)12(14)11-3-2-6-16-11/h3-5,7,12H,2,6,14H2,1H3. The van der Waals surface area contributed by atoms with Crippen LogP contribution in [-0.4, -0.2) is 13.7 Å². The van der Waals surface area contributed by atoms with Crippen molar-refractivity contribution in [3.63, 3.8) is 0 Å². The van der Waals surface area contributed by atoms with Crippen LogP contribution in [-0.2, 0) is 4.74 Å². The highest BCUT2D eigenvalue weighted by molar-refractivity contribution is 6.30. The van der Waals surface area contributed by atoms with Gasteiger partial charge >= 0.3 is 0 Å². The van der Waals surface area contributed by atoms with Gasteiger partial charge in [0.05, 0.1) is 19.8 Å². The number of rotatable bonds is 3. The average molecular weight is 240 g/mol. The first-order chi connectivity index (χ1) is 7.72. The van der Waals surface area contributed by atoms with E-state index in [0.717, 1.165) is 23.5 Å². The van der Waals surface area contributed by atoms with Crippen molar-refractivity contribution in [3.05, 3.63) is 40.6 Å². The quantitative estimate of drug-likeness (QED) is 0.882. The molecule has 3 nitrogen and oxygen atoms in total. The van der Waals surface area contributed by atoms with E-state index in [1.165, 1.54) is 0 Å². The fourth-order valence-corrected chi connectivity index (χ4v) is 1.94. The van der Waals surface area contributed by atoms with Crippen molar-refractivity contribution < 1.29 is 9.47 Å². The van der Waals surface area contributed by atoms with Gasteiger partial charge in [-0.05, 0) is 24.3 Å². The van der Waals surface area contributed by atoms with Gasteiger partial charge in [0.15, 0.2) is 0 Å². The lowest BCUT2D eigenvalue weighted by Gasteiger charge is -2.17. The zero-order chi connectivity index (χ0) is 11.5. The summed E-state index contributed by atoms with van der Waals surface area (Å²) in [5.41, 5.74) is 6.96. The maximum atomic E-state index is 6.11. The highest BCUT2D eigenvalue weighted by atomic mass is 35.5. The van der Waals surface area contributed by atoms with Crippen LogP contribution in [0.2, 0.25) is 5.02 Å². The Bertz CT molecular complexity index is 417. The van der Waals surface area contributed by atoms with Gasteiger partial charge in [0, 0.05) is 17.0 Å². The van der Waals surface area contributed by atoms with E-state index in [0.29, 0.717) is 11.6 Å². The van der Waals surface area contributed by atoms with Gasteiger partial charge in [0.1, 0.15) is 11.5 Å². The minimum atomic E-state index is -0.309. The van der Waals surface area contributed by atoms with Crippen LogP contribution in [0.1, 0.15) is 18.0 Å². The number of ether oxygens (including phenoxy) is 2. The van der Waals surface area contributed by atoms with Crippen molar-refractivity contribution in [2.75, 3.05) is 13.7 Å². The minimum Gasteiger partial charge on any atom is -0.496 e. The summed E-state index contributed by atoms with van der Waals surface area (Å²) in [6.07, 6.45) is 2.91. The van der Waals surface area contributed by atoms with Crippen molar-refractivity contribution in [3.8, 4) is 5.75 Å². The molecule has 0 aromatic heterocycles. The van der Waals surface area contributed by atoms with Crippen LogP contribution in [0.4, 0.5) is 0 Å². The van der Waals surface area contributed by atoms with Gasteiger partial charge in [-0.2, -0.15) is 0 Å². The highest BCUT2D eigenvalue weighted by Crippen LogP contribution is 2.32. The normalized spacial score (nSPS) is 16.6. The van der Waals surface area contributed by atoms with E-state index in [1.807, 2.05) is 18.2 Å². The second kappa shape index (κ2) is 4.76. The molecule has 1 unspecified atom stereocenters. The fraction of sp³-hybridized carbons (Fsp3) is 0.333. The van der Waals surface area contributed by atoms with Gasteiger partial charge in [0.2, 0.25) is 0 Å². The van der Waals surface area contributed by atoms with Gasteiger partial charge < -0.3 is 15.2 Å². The van der Waals surface area contributed by atoms with Crippen LogP contribution in [0.15, 0.2) is 30.0 Å². The minimum absolute atomic E-state index is 0.309. The molecule has 86 valence electrons. The van der Waals surface area contributed by atoms with Crippen molar-refractivity contribution >= 4 is 11.6 Å². The molecule has 0 spiro atoms. The molecule has 2 N–H and O–H groups in total. The Balaban J connectivity index is 2.34. The lowest BCUT2D eigenvalue weighted by molar-refractivity contribution is 0.224. The molecule has 0 amide bonds. The van der Waals surface area contributed by atoms with Crippen LogP contribution in [0, 0.1) is 0 Å². The van der Waals surface area contributed by atoms with E-state index in [-0.39, 0.29) is 6.04 Å². The van der Waals surface area contributed by atoms with Crippen molar-refractivity contribution in [2.24, 2.45) is 5.73 Å². The van der Waals surface area contributed by atoms with Crippen molar-refractivity contribution in [1.29, 1.82) is 0 Å². The summed E-state index contributed by atoms with van der Waals surface area (Å²) in [5.74, 6) is 1.52. The number of halogens is 1. The SMILES string of the molecule is COc1ccc(Cl)cc1C(N)C1=CCCO1. The molecule has 1 aromatic carbocycles. The predicted octanol–water partition coefficient (Wildman–Crippen LogP) is 2.65. The Morgan fingerprint density at radius 3 is 2.94 bits per heavy atom. The molecule has 0 aliphatic carbocycles. The second-order valence-electron chi connectivity index (χ2n) is 3.61. The Hall–Kier alpha value is -1.19. The van der Waals surface area contributed by atoms with E-state index < -0.39 is 0 Å². The van der Waals surface area contributed by atoms with Gasteiger partial charge in [-0.25, -0.2) is 0 Å². The number of benzene rings is 1. The molecule has 0 saturated heterocycles. The lowest BCUT2D eigenvalue weighted by Crippen LogP contribution is -2.14. The number of nitrogens with two attached hydrogens (primary N) is 1. The lowest BCUT2D eigenvalue weighted by atomic mass is 10.0. The van der Waals surface area contributed by atoms with Crippen LogP contribution >= 0.6 is 11.6 Å². The molecule has 1 aromatic rings. The molecule has 0 bridgehead atoms. The van der Waals surface area contributed by atoms with Crippen LogP contribution in [0.25, 0.3) is 0 Å². The molecule has 1 heterocycles. The van der Waals surface area contributed by atoms with Crippen molar-refractivity contribution in [2.45, 2.75) is 12.5 Å². The zero-order valence-electron chi connectivity index (χ0n) is 9.07. The van der Waals surface area contributed by atoms with Gasteiger partial charge in [-0.3, -0.25) is 0 Å². The van der Waals surface area contributed by atoms with E-state index >= 15 is 0 Å². The Morgan fingerprint density at radius 1 is 1.50 bits per heavy atom. The molecule has 1 aliphatic rings. The molecule has 1 atom stereocenters. The molecular formula is C12H14ClNO2. The summed E-state index contributed by atoms with van der Waals surface area (Å²) in [6, 6.07) is 5.09. The van der Waals surface area contributed by atoms with E-state index in [9.17, 15) is 0 Å². The molecule has 1 aliphatic heterocycles. The molecule has 0 fully saturated rings. The zero-order valence-corrected chi connectivity index (χ0v) is 9.83. The van der Waals surface area contributed by atoms with Crippen LogP contribution in [0.3, 0.4) is 0 Å². The molecule has 4 heteroatoms. The van der Waals surface area contributed by atoms with E-state index in [2.05, 4.69) is 0 Å². The molecular weight excluding hydrogens is 226 g/mol. The van der Waals surface area contributed by atoms with Gasteiger partial charge in [0.25, 0.3) is 0 Å². The van der Waals surface area contributed by atoms with Crippen molar-refractivity contribution in [1.82, 2.24) is 0 Å². The summed E-state index contributed by atoms with van der Waals surface area (Å²) in [4.78, 5) is 0. The summed E-state index contributed by atoms with van der Waals surface area (Å²) in [5, 5.41) is 0.643. The highest BCUT2D eigenvalue weighted by Gasteiger charge is 2.20. The average Bonchev–Trinajstić information content (AvgIpc) is 2.81. The molecule has 0 saturated carbocycles. The third-order valence-corrected chi connectivity index (χ3v) is 2.80. The van der Waals surface area contributed by atoms with Gasteiger partial charge in [-0.15, -0.1) is 0 Å². The fourth-order valence-electron chi connectivity index (χ4n) is 1.76. The Labute approximate surface area is 99.8 Å². The first-order valence-corrected chi connectivity index (χ1v) is 5.52. The second-order valence-corrected chi connectivity index (χ2v) is 4.04. The first-order valence-electron chi connectivity index (χ1n) is 5.14. The Morgan fingerprint density at radius 2 is 2.31 bits per heavy atom. The topological polar surface area (TPSA) is 44.5 Å². The third kappa shape index (κ3) is 2.15. The third-order valence-electron chi connectivity index (χ3n) is 2.57.